The highest BCUT2D eigenvalue weighted by molar-refractivity contribution is 7.80. The zero-order chi connectivity index (χ0) is 18.7. The van der Waals surface area contributed by atoms with Crippen LogP contribution in [0.1, 0.15) is 51.4 Å². The minimum atomic E-state index is 0.0986. The average molecular weight is 392 g/mol. The number of carbonyl (C=O) groups is 1. The van der Waals surface area contributed by atoms with Gasteiger partial charge in [0.1, 0.15) is 12.9 Å². The normalized spacial score (nSPS) is 23.0. The number of hydrogen-bond acceptors (Lipinski definition) is 5. The van der Waals surface area contributed by atoms with Crippen molar-refractivity contribution >= 4 is 23.2 Å². The first-order valence-electron chi connectivity index (χ1n) is 10.2. The fourth-order valence-corrected chi connectivity index (χ4v) is 5.07. The highest BCUT2D eigenvalue weighted by Crippen LogP contribution is 2.40. The Bertz CT molecular complexity index is 651. The zero-order valence-electron chi connectivity index (χ0n) is 15.8. The number of piperidine rings is 1. The largest absolute Gasteiger partial charge is 0.360 e. The van der Waals surface area contributed by atoms with E-state index in [1.807, 2.05) is 4.90 Å². The number of nitrogens with zero attached hydrogens (tertiary/aromatic N) is 6. The molecule has 0 bridgehead atoms. The van der Waals surface area contributed by atoms with Gasteiger partial charge in [-0.05, 0) is 60.2 Å². The molecule has 1 saturated carbocycles. The van der Waals surface area contributed by atoms with Crippen molar-refractivity contribution in [2.75, 3.05) is 26.2 Å². The summed E-state index contributed by atoms with van der Waals surface area (Å²) in [6.07, 6.45) is 11.3. The van der Waals surface area contributed by atoms with Crippen LogP contribution in [0.4, 0.5) is 0 Å². The molecular weight excluding hydrogens is 362 g/mol. The van der Waals surface area contributed by atoms with Gasteiger partial charge in [-0.2, -0.15) is 0 Å². The number of nitrogens with one attached hydrogen (secondary N) is 1. The van der Waals surface area contributed by atoms with E-state index in [4.69, 9.17) is 12.2 Å². The maximum atomic E-state index is 12.4. The molecule has 2 saturated heterocycles. The number of rotatable bonds is 3. The van der Waals surface area contributed by atoms with Crippen molar-refractivity contribution < 1.29 is 4.79 Å². The lowest BCUT2D eigenvalue weighted by Crippen LogP contribution is -2.48. The van der Waals surface area contributed by atoms with E-state index < -0.39 is 0 Å². The zero-order valence-corrected chi connectivity index (χ0v) is 16.7. The fourth-order valence-electron chi connectivity index (χ4n) is 4.75. The summed E-state index contributed by atoms with van der Waals surface area (Å²) in [7, 11) is 0. The quantitative estimate of drug-likeness (QED) is 0.776. The Morgan fingerprint density at radius 1 is 1.11 bits per heavy atom. The lowest BCUT2D eigenvalue weighted by molar-refractivity contribution is -0.134. The molecule has 1 aromatic rings. The highest BCUT2D eigenvalue weighted by Gasteiger charge is 2.42. The Hall–Kier alpha value is -1.77. The molecule has 9 heteroatoms. The summed E-state index contributed by atoms with van der Waals surface area (Å²) in [6, 6.07) is 0.563. The van der Waals surface area contributed by atoms with Crippen LogP contribution < -0.4 is 5.32 Å². The van der Waals surface area contributed by atoms with Gasteiger partial charge in [-0.3, -0.25) is 4.79 Å². The molecule has 1 N–H and O–H groups in total. The first-order valence-corrected chi connectivity index (χ1v) is 10.6. The minimum Gasteiger partial charge on any atom is -0.360 e. The number of amides is 1. The van der Waals surface area contributed by atoms with Gasteiger partial charge in [-0.25, -0.2) is 4.68 Å². The number of tetrazole rings is 1. The molecule has 1 aromatic heterocycles. The molecule has 0 atom stereocenters. The van der Waals surface area contributed by atoms with Crippen LogP contribution in [0, 0.1) is 5.41 Å². The SMILES string of the molecule is O=C(Cn1cnnn1)N1CCC2(CC1)CCN(C(=S)NC1CCCCC1)C2. The number of carbonyl (C=O) groups excluding carboxylic acids is 1. The van der Waals surface area contributed by atoms with Crippen molar-refractivity contribution in [2.45, 2.75) is 64.0 Å². The highest BCUT2D eigenvalue weighted by atomic mass is 32.1. The molecule has 3 fully saturated rings. The molecule has 4 rings (SSSR count). The van der Waals surface area contributed by atoms with E-state index in [2.05, 4.69) is 25.7 Å². The molecule has 3 heterocycles. The van der Waals surface area contributed by atoms with E-state index in [1.54, 1.807) is 0 Å². The van der Waals surface area contributed by atoms with Gasteiger partial charge in [0.2, 0.25) is 5.91 Å². The van der Waals surface area contributed by atoms with Crippen LogP contribution in [0.2, 0.25) is 0 Å². The second kappa shape index (κ2) is 8.08. The maximum Gasteiger partial charge on any atom is 0.244 e. The third kappa shape index (κ3) is 4.39. The van der Waals surface area contributed by atoms with E-state index in [9.17, 15) is 4.79 Å². The van der Waals surface area contributed by atoms with E-state index >= 15 is 0 Å². The first kappa shape index (κ1) is 18.6. The van der Waals surface area contributed by atoms with Crippen LogP contribution in [-0.2, 0) is 11.3 Å². The second-order valence-corrected chi connectivity index (χ2v) is 8.73. The van der Waals surface area contributed by atoms with Crippen LogP contribution >= 0.6 is 12.2 Å². The number of aromatic nitrogens is 4. The minimum absolute atomic E-state index is 0.0986. The first-order chi connectivity index (χ1) is 13.1. The average Bonchev–Trinajstić information content (AvgIpc) is 3.34. The lowest BCUT2D eigenvalue weighted by Gasteiger charge is -2.39. The molecule has 27 heavy (non-hydrogen) atoms. The van der Waals surface area contributed by atoms with Crippen LogP contribution in [0.15, 0.2) is 6.33 Å². The van der Waals surface area contributed by atoms with E-state index in [-0.39, 0.29) is 12.5 Å². The van der Waals surface area contributed by atoms with Crippen LogP contribution in [0.5, 0.6) is 0 Å². The van der Waals surface area contributed by atoms with Gasteiger partial charge in [0.15, 0.2) is 5.11 Å². The van der Waals surface area contributed by atoms with E-state index in [1.165, 1.54) is 49.5 Å². The smallest absolute Gasteiger partial charge is 0.244 e. The van der Waals surface area contributed by atoms with Crippen molar-refractivity contribution in [3.8, 4) is 0 Å². The van der Waals surface area contributed by atoms with Crippen LogP contribution in [0.3, 0.4) is 0 Å². The molecule has 3 aliphatic rings. The summed E-state index contributed by atoms with van der Waals surface area (Å²) >= 11 is 5.71. The fraction of sp³-hybridized carbons (Fsp3) is 0.833. The summed E-state index contributed by atoms with van der Waals surface area (Å²) in [5, 5.41) is 15.5. The van der Waals surface area contributed by atoms with Crippen LogP contribution in [0.25, 0.3) is 0 Å². The standard InChI is InChI=1S/C18H29N7OS/c26-16(12-25-14-19-21-22-25)23-9-6-18(7-10-23)8-11-24(13-18)17(27)20-15-4-2-1-3-5-15/h14-15H,1-13H2,(H,20,27). The van der Waals surface area contributed by atoms with Gasteiger partial charge < -0.3 is 15.1 Å². The van der Waals surface area contributed by atoms with E-state index in [0.29, 0.717) is 11.5 Å². The lowest BCUT2D eigenvalue weighted by atomic mass is 9.78. The Kier molecular flexibility index (Phi) is 5.56. The topological polar surface area (TPSA) is 79.2 Å². The monoisotopic (exact) mass is 391 g/mol. The summed E-state index contributed by atoms with van der Waals surface area (Å²) in [4.78, 5) is 16.7. The maximum absolute atomic E-state index is 12.4. The molecule has 1 spiro atoms. The van der Waals surface area contributed by atoms with Gasteiger partial charge in [0.25, 0.3) is 0 Å². The molecule has 2 aliphatic heterocycles. The summed E-state index contributed by atoms with van der Waals surface area (Å²) in [5.41, 5.74) is 0.309. The second-order valence-electron chi connectivity index (χ2n) is 8.34. The predicted molar refractivity (Wildman–Crippen MR) is 105 cm³/mol. The molecule has 0 unspecified atom stereocenters. The number of likely N-dealkylation sites (tertiary alicyclic amines) is 2. The Morgan fingerprint density at radius 3 is 2.48 bits per heavy atom. The van der Waals surface area contributed by atoms with Crippen molar-refractivity contribution in [1.82, 2.24) is 35.3 Å². The molecule has 1 aliphatic carbocycles. The third-order valence-electron chi connectivity index (χ3n) is 6.52. The summed E-state index contributed by atoms with van der Waals surface area (Å²) in [5.74, 6) is 0.0986. The molecule has 1 amide bonds. The van der Waals surface area contributed by atoms with Gasteiger partial charge in [0, 0.05) is 32.2 Å². The van der Waals surface area contributed by atoms with E-state index in [0.717, 1.165) is 44.1 Å². The van der Waals surface area contributed by atoms with Gasteiger partial charge in [-0.15, -0.1) is 5.10 Å². The van der Waals surface area contributed by atoms with Crippen molar-refractivity contribution in [3.05, 3.63) is 6.33 Å². The van der Waals surface area contributed by atoms with Crippen molar-refractivity contribution in [2.24, 2.45) is 5.41 Å². The summed E-state index contributed by atoms with van der Waals surface area (Å²) < 4.78 is 1.49. The summed E-state index contributed by atoms with van der Waals surface area (Å²) in [6.45, 7) is 3.93. The number of thiocarbonyl (C=S) groups is 1. The predicted octanol–water partition coefficient (Wildman–Crippen LogP) is 1.19. The molecule has 0 radical (unpaired) electrons. The Morgan fingerprint density at radius 2 is 1.81 bits per heavy atom. The van der Waals surface area contributed by atoms with Crippen molar-refractivity contribution in [1.29, 1.82) is 0 Å². The van der Waals surface area contributed by atoms with Gasteiger partial charge in [0.05, 0.1) is 0 Å². The Balaban J connectivity index is 1.25. The van der Waals surface area contributed by atoms with Gasteiger partial charge in [-0.1, -0.05) is 19.3 Å². The van der Waals surface area contributed by atoms with Gasteiger partial charge >= 0.3 is 0 Å². The molecular formula is C18H29N7OS. The number of hydrogen-bond donors (Lipinski definition) is 1. The van der Waals surface area contributed by atoms with Crippen molar-refractivity contribution in [3.63, 3.8) is 0 Å². The third-order valence-corrected chi connectivity index (χ3v) is 6.90. The Labute approximate surface area is 165 Å². The molecule has 148 valence electrons. The molecule has 8 nitrogen and oxygen atoms in total. The van der Waals surface area contributed by atoms with Crippen LogP contribution in [-0.4, -0.2) is 73.2 Å². The molecule has 0 aromatic carbocycles.